The number of nitrogen functional groups attached to an aromatic ring is 1. The molecule has 0 atom stereocenters. The monoisotopic (exact) mass is 263 g/mol. The van der Waals surface area contributed by atoms with Gasteiger partial charge in [0.25, 0.3) is 5.12 Å². The zero-order chi connectivity index (χ0) is 13.0. The Kier molecular flexibility index (Phi) is 4.42. The number of anilines is 1. The third-order valence-electron chi connectivity index (χ3n) is 3.18. The summed E-state index contributed by atoms with van der Waals surface area (Å²) in [6.45, 7) is 0. The van der Waals surface area contributed by atoms with E-state index in [9.17, 15) is 9.59 Å². The number of rotatable bonds is 3. The molecule has 4 heteroatoms. The van der Waals surface area contributed by atoms with Crippen molar-refractivity contribution in [3.8, 4) is 0 Å². The van der Waals surface area contributed by atoms with E-state index in [1.165, 1.54) is 31.0 Å². The lowest BCUT2D eigenvalue weighted by atomic mass is 10.0. The maximum Gasteiger partial charge on any atom is 0.260 e. The summed E-state index contributed by atoms with van der Waals surface area (Å²) in [4.78, 5) is 23.8. The van der Waals surface area contributed by atoms with Crippen LogP contribution in [0.25, 0.3) is 0 Å². The van der Waals surface area contributed by atoms with Crippen LogP contribution in [0, 0.1) is 0 Å². The van der Waals surface area contributed by atoms with Crippen LogP contribution in [-0.2, 0) is 4.79 Å². The summed E-state index contributed by atoms with van der Waals surface area (Å²) in [5.74, 6) is -0.412. The number of carbonyl (C=O) groups is 2. The van der Waals surface area contributed by atoms with Crippen LogP contribution in [0.15, 0.2) is 24.3 Å². The van der Waals surface area contributed by atoms with Gasteiger partial charge < -0.3 is 5.73 Å². The minimum Gasteiger partial charge on any atom is -0.399 e. The minimum atomic E-state index is -0.412. The van der Waals surface area contributed by atoms with Gasteiger partial charge in [0.1, 0.15) is 0 Å². The smallest absolute Gasteiger partial charge is 0.260 e. The Bertz CT molecular complexity index is 436. The quantitative estimate of drug-likeness (QED) is 0.517. The molecule has 0 unspecified atom stereocenters. The maximum atomic E-state index is 11.9. The Balaban J connectivity index is 1.95. The molecule has 1 aliphatic rings. The first-order chi connectivity index (χ1) is 8.66. The largest absolute Gasteiger partial charge is 0.399 e. The molecular formula is C14H17NO2S. The molecule has 96 valence electrons. The van der Waals surface area contributed by atoms with Crippen LogP contribution in [0.2, 0.25) is 0 Å². The van der Waals surface area contributed by atoms with E-state index in [4.69, 9.17) is 5.73 Å². The van der Waals surface area contributed by atoms with Crippen molar-refractivity contribution >= 4 is 28.3 Å². The Morgan fingerprint density at radius 3 is 2.28 bits per heavy atom. The number of ketones is 1. The molecule has 1 aromatic rings. The molecule has 1 saturated carbocycles. The molecule has 2 rings (SSSR count). The lowest BCUT2D eigenvalue weighted by molar-refractivity contribution is -0.107. The van der Waals surface area contributed by atoms with Crippen LogP contribution in [0.1, 0.15) is 42.5 Å². The van der Waals surface area contributed by atoms with Gasteiger partial charge >= 0.3 is 0 Å². The Morgan fingerprint density at radius 2 is 1.67 bits per heavy atom. The molecule has 0 amide bonds. The van der Waals surface area contributed by atoms with E-state index in [0.717, 1.165) is 12.8 Å². The molecule has 3 nitrogen and oxygen atoms in total. The first kappa shape index (κ1) is 13.1. The topological polar surface area (TPSA) is 60.2 Å². The number of hydrogen-bond acceptors (Lipinski definition) is 4. The molecule has 18 heavy (non-hydrogen) atoms. The van der Waals surface area contributed by atoms with Gasteiger partial charge in [0.2, 0.25) is 5.78 Å². The molecule has 0 radical (unpaired) electrons. The molecule has 0 heterocycles. The molecule has 0 aromatic heterocycles. The second kappa shape index (κ2) is 6.05. The van der Waals surface area contributed by atoms with Crippen molar-refractivity contribution in [3.05, 3.63) is 29.8 Å². The summed E-state index contributed by atoms with van der Waals surface area (Å²) in [5.41, 5.74) is 6.58. The van der Waals surface area contributed by atoms with Gasteiger partial charge in [-0.3, -0.25) is 9.59 Å². The normalized spacial score (nSPS) is 16.4. The Morgan fingerprint density at radius 1 is 1.06 bits per heavy atom. The predicted octanol–water partition coefficient (Wildman–Crippen LogP) is 3.04. The van der Waals surface area contributed by atoms with Crippen LogP contribution < -0.4 is 5.73 Å². The Hall–Kier alpha value is -1.29. The molecule has 1 aliphatic carbocycles. The average molecular weight is 263 g/mol. The van der Waals surface area contributed by atoms with E-state index < -0.39 is 5.78 Å². The van der Waals surface area contributed by atoms with E-state index in [1.54, 1.807) is 24.3 Å². The van der Waals surface area contributed by atoms with Gasteiger partial charge in [-0.1, -0.05) is 31.0 Å². The van der Waals surface area contributed by atoms with Gasteiger partial charge in [0.15, 0.2) is 0 Å². The van der Waals surface area contributed by atoms with Crippen molar-refractivity contribution in [1.82, 2.24) is 0 Å². The fourth-order valence-electron chi connectivity index (χ4n) is 2.14. The molecule has 0 spiro atoms. The van der Waals surface area contributed by atoms with Gasteiger partial charge in [-0.05, 0) is 37.1 Å². The maximum absolute atomic E-state index is 11.9. The highest BCUT2D eigenvalue weighted by molar-refractivity contribution is 8.16. The summed E-state index contributed by atoms with van der Waals surface area (Å²) in [5, 5.41) is -0.0179. The van der Waals surface area contributed by atoms with Crippen molar-refractivity contribution in [2.75, 3.05) is 5.73 Å². The van der Waals surface area contributed by atoms with Gasteiger partial charge in [-0.25, -0.2) is 0 Å². The van der Waals surface area contributed by atoms with E-state index in [1.807, 2.05) is 0 Å². The standard InChI is InChI=1S/C14H17NO2S/c15-11-8-6-10(7-9-11)13(16)14(17)18-12-4-2-1-3-5-12/h6-9,12H,1-5,15H2. The number of Topliss-reactive ketones (excluding diaryl/α,β-unsaturated/α-hetero) is 1. The van der Waals surface area contributed by atoms with Crippen LogP contribution in [0.5, 0.6) is 0 Å². The number of carbonyl (C=O) groups excluding carboxylic acids is 2. The highest BCUT2D eigenvalue weighted by Gasteiger charge is 2.23. The summed E-state index contributed by atoms with van der Waals surface area (Å²) < 4.78 is 0. The average Bonchev–Trinajstić information content (AvgIpc) is 2.40. The second-order valence-corrected chi connectivity index (χ2v) is 5.89. The lowest BCUT2D eigenvalue weighted by Gasteiger charge is -2.19. The summed E-state index contributed by atoms with van der Waals surface area (Å²) in [6.07, 6.45) is 5.68. The molecule has 0 aliphatic heterocycles. The fourth-order valence-corrected chi connectivity index (χ4v) is 3.24. The zero-order valence-electron chi connectivity index (χ0n) is 10.2. The van der Waals surface area contributed by atoms with E-state index >= 15 is 0 Å². The van der Waals surface area contributed by atoms with Crippen molar-refractivity contribution in [1.29, 1.82) is 0 Å². The highest BCUT2D eigenvalue weighted by atomic mass is 32.2. The van der Waals surface area contributed by atoms with Crippen LogP contribution in [-0.4, -0.2) is 16.1 Å². The van der Waals surface area contributed by atoms with Crippen LogP contribution >= 0.6 is 11.8 Å². The second-order valence-electron chi connectivity index (χ2n) is 4.62. The third kappa shape index (κ3) is 3.35. The van der Waals surface area contributed by atoms with Crippen LogP contribution in [0.4, 0.5) is 5.69 Å². The molecular weight excluding hydrogens is 246 g/mol. The molecule has 1 aromatic carbocycles. The number of nitrogens with two attached hydrogens (primary N) is 1. The van der Waals surface area contributed by atoms with E-state index in [-0.39, 0.29) is 5.12 Å². The zero-order valence-corrected chi connectivity index (χ0v) is 11.0. The number of benzene rings is 1. The van der Waals surface area contributed by atoms with E-state index in [2.05, 4.69) is 0 Å². The van der Waals surface area contributed by atoms with Crippen LogP contribution in [0.3, 0.4) is 0 Å². The molecule has 0 saturated heterocycles. The summed E-state index contributed by atoms with van der Waals surface area (Å²) in [7, 11) is 0. The van der Waals surface area contributed by atoms with Gasteiger partial charge in [0.05, 0.1) is 0 Å². The molecule has 2 N–H and O–H groups in total. The Labute approximate surface area is 111 Å². The SMILES string of the molecule is Nc1ccc(C(=O)C(=O)SC2CCCCC2)cc1. The first-order valence-electron chi connectivity index (χ1n) is 6.27. The third-order valence-corrected chi connectivity index (χ3v) is 4.39. The first-order valence-corrected chi connectivity index (χ1v) is 7.15. The molecule has 1 fully saturated rings. The summed E-state index contributed by atoms with van der Waals surface area (Å²) >= 11 is 1.21. The summed E-state index contributed by atoms with van der Waals surface area (Å²) in [6, 6.07) is 6.51. The lowest BCUT2D eigenvalue weighted by Crippen LogP contribution is -2.17. The van der Waals surface area contributed by atoms with Gasteiger partial charge in [-0.15, -0.1) is 0 Å². The van der Waals surface area contributed by atoms with Crippen molar-refractivity contribution < 1.29 is 9.59 Å². The van der Waals surface area contributed by atoms with E-state index in [0.29, 0.717) is 16.5 Å². The van der Waals surface area contributed by atoms with Gasteiger partial charge in [-0.2, -0.15) is 0 Å². The minimum absolute atomic E-state index is 0.323. The van der Waals surface area contributed by atoms with Crippen molar-refractivity contribution in [2.24, 2.45) is 0 Å². The number of hydrogen-bond donors (Lipinski definition) is 1. The molecule has 0 bridgehead atoms. The number of thioether (sulfide) groups is 1. The fraction of sp³-hybridized carbons (Fsp3) is 0.429. The predicted molar refractivity (Wildman–Crippen MR) is 74.7 cm³/mol. The van der Waals surface area contributed by atoms with Crippen molar-refractivity contribution in [2.45, 2.75) is 37.4 Å². The highest BCUT2D eigenvalue weighted by Crippen LogP contribution is 2.29. The van der Waals surface area contributed by atoms with Gasteiger partial charge in [0, 0.05) is 16.5 Å². The van der Waals surface area contributed by atoms with Crippen molar-refractivity contribution in [3.63, 3.8) is 0 Å².